The normalized spacial score (nSPS) is 40.9. The van der Waals surface area contributed by atoms with Gasteiger partial charge in [0.1, 0.15) is 0 Å². The molecule has 2 unspecified atom stereocenters. The van der Waals surface area contributed by atoms with Crippen LogP contribution in [0.2, 0.25) is 0 Å². The number of carboxylic acid groups (broad SMARTS) is 1. The van der Waals surface area contributed by atoms with Crippen LogP contribution in [0.3, 0.4) is 0 Å². The predicted octanol–water partition coefficient (Wildman–Crippen LogP) is 1.77. The average Bonchev–Trinajstić information content (AvgIpc) is 2.73. The number of hydrogen-bond donors (Lipinski definition) is 3. The van der Waals surface area contributed by atoms with Crippen molar-refractivity contribution in [1.82, 2.24) is 5.32 Å². The molecule has 104 valence electrons. The van der Waals surface area contributed by atoms with E-state index in [0.29, 0.717) is 38.3 Å². The van der Waals surface area contributed by atoms with Crippen LogP contribution in [0.15, 0.2) is 0 Å². The lowest BCUT2D eigenvalue weighted by atomic mass is 9.78. The number of nitrogens with one attached hydrogen (secondary N) is 1. The molecule has 2 rings (SSSR count). The molecule has 2 atom stereocenters. The number of hydrogen-bond acceptors (Lipinski definition) is 3. The van der Waals surface area contributed by atoms with Gasteiger partial charge in [-0.05, 0) is 50.9 Å². The molecular weight excluding hydrogens is 230 g/mol. The van der Waals surface area contributed by atoms with Crippen LogP contribution in [0.25, 0.3) is 0 Å². The van der Waals surface area contributed by atoms with Crippen LogP contribution >= 0.6 is 0 Å². The fraction of sp³-hybridized carbons (Fsp3) is 0.929. The maximum absolute atomic E-state index is 10.9. The Morgan fingerprint density at radius 1 is 1.28 bits per heavy atom. The van der Waals surface area contributed by atoms with Crippen LogP contribution in [0.1, 0.15) is 51.9 Å². The number of aliphatic carboxylic acids is 1. The van der Waals surface area contributed by atoms with Crippen molar-refractivity contribution < 1.29 is 15.0 Å². The summed E-state index contributed by atoms with van der Waals surface area (Å²) < 4.78 is 0. The smallest absolute Gasteiger partial charge is 0.306 e. The van der Waals surface area contributed by atoms with E-state index in [1.165, 1.54) is 19.3 Å². The summed E-state index contributed by atoms with van der Waals surface area (Å²) in [4.78, 5) is 10.9. The van der Waals surface area contributed by atoms with E-state index in [9.17, 15) is 9.90 Å². The van der Waals surface area contributed by atoms with Crippen molar-refractivity contribution in [3.63, 3.8) is 0 Å². The van der Waals surface area contributed by atoms with Crippen molar-refractivity contribution in [2.24, 2.45) is 11.8 Å². The summed E-state index contributed by atoms with van der Waals surface area (Å²) >= 11 is 0. The third-order valence-electron chi connectivity index (χ3n) is 4.68. The van der Waals surface area contributed by atoms with Crippen molar-refractivity contribution in [1.29, 1.82) is 0 Å². The molecule has 18 heavy (non-hydrogen) atoms. The summed E-state index contributed by atoms with van der Waals surface area (Å²) in [6, 6.07) is 0.543. The Labute approximate surface area is 109 Å². The number of carbonyl (C=O) groups is 1. The first-order valence-corrected chi connectivity index (χ1v) is 7.17. The minimum absolute atomic E-state index is 0.253. The zero-order valence-corrected chi connectivity index (χ0v) is 11.2. The van der Waals surface area contributed by atoms with Crippen molar-refractivity contribution in [3.05, 3.63) is 0 Å². The van der Waals surface area contributed by atoms with Gasteiger partial charge in [-0.25, -0.2) is 0 Å². The Balaban J connectivity index is 1.74. The summed E-state index contributed by atoms with van der Waals surface area (Å²) in [6.07, 6.45) is 6.11. The van der Waals surface area contributed by atoms with Crippen LogP contribution < -0.4 is 5.32 Å². The first-order valence-electron chi connectivity index (χ1n) is 7.17. The lowest BCUT2D eigenvalue weighted by Gasteiger charge is -2.35. The van der Waals surface area contributed by atoms with Gasteiger partial charge in [-0.2, -0.15) is 0 Å². The zero-order valence-electron chi connectivity index (χ0n) is 11.2. The van der Waals surface area contributed by atoms with Crippen molar-refractivity contribution in [2.75, 3.05) is 6.54 Å². The van der Waals surface area contributed by atoms with Gasteiger partial charge in [0.15, 0.2) is 0 Å². The van der Waals surface area contributed by atoms with E-state index in [2.05, 4.69) is 12.2 Å². The van der Waals surface area contributed by atoms with Crippen molar-refractivity contribution in [3.8, 4) is 0 Å². The van der Waals surface area contributed by atoms with Gasteiger partial charge in [-0.3, -0.25) is 4.79 Å². The largest absolute Gasteiger partial charge is 0.481 e. The molecule has 3 N–H and O–H groups in total. The molecule has 4 heteroatoms. The molecule has 0 saturated heterocycles. The first kappa shape index (κ1) is 13.8. The Morgan fingerprint density at radius 2 is 1.94 bits per heavy atom. The molecule has 0 aromatic carbocycles. The van der Waals surface area contributed by atoms with E-state index in [0.717, 1.165) is 5.92 Å². The highest BCUT2D eigenvalue weighted by atomic mass is 16.4. The highest BCUT2D eigenvalue weighted by molar-refractivity contribution is 5.70. The van der Waals surface area contributed by atoms with Crippen LogP contribution in [-0.2, 0) is 4.79 Å². The Kier molecular flexibility index (Phi) is 4.28. The Bertz CT molecular complexity index is 297. The van der Waals surface area contributed by atoms with Crippen LogP contribution in [0.4, 0.5) is 0 Å². The third kappa shape index (κ3) is 3.45. The maximum atomic E-state index is 10.9. The van der Waals surface area contributed by atoms with Crippen LogP contribution in [0, 0.1) is 11.8 Å². The number of carboxylic acids is 1. The zero-order chi connectivity index (χ0) is 13.2. The molecule has 0 aromatic heterocycles. The van der Waals surface area contributed by atoms with Gasteiger partial charge in [0.25, 0.3) is 0 Å². The van der Waals surface area contributed by atoms with Gasteiger partial charge in [0.05, 0.1) is 11.5 Å². The summed E-state index contributed by atoms with van der Waals surface area (Å²) in [5, 5.41) is 22.9. The summed E-state index contributed by atoms with van der Waals surface area (Å²) in [5.41, 5.74) is -0.683. The van der Waals surface area contributed by atoms with Gasteiger partial charge >= 0.3 is 5.97 Å². The third-order valence-corrected chi connectivity index (χ3v) is 4.68. The Morgan fingerprint density at radius 3 is 2.44 bits per heavy atom. The molecule has 2 fully saturated rings. The lowest BCUT2D eigenvalue weighted by Crippen LogP contribution is -2.46. The fourth-order valence-corrected chi connectivity index (χ4v) is 3.31. The molecule has 0 heterocycles. The SMILES string of the molecule is CC1CCC(NCC2(O)CCC(C(=O)O)CC2)C1. The second-order valence-electron chi connectivity index (χ2n) is 6.33. The molecule has 0 spiro atoms. The standard InChI is InChI=1S/C14H25NO3/c1-10-2-3-12(8-10)15-9-14(18)6-4-11(5-7-14)13(16)17/h10-12,15,18H,2-9H2,1H3,(H,16,17). The molecule has 2 saturated carbocycles. The van der Waals surface area contributed by atoms with Gasteiger partial charge in [-0.1, -0.05) is 6.92 Å². The lowest BCUT2D eigenvalue weighted by molar-refractivity contribution is -0.144. The van der Waals surface area contributed by atoms with E-state index in [1.807, 2.05) is 0 Å². The number of rotatable bonds is 4. The summed E-state index contributed by atoms with van der Waals surface area (Å²) in [6.45, 7) is 2.89. The van der Waals surface area contributed by atoms with E-state index in [1.54, 1.807) is 0 Å². The predicted molar refractivity (Wildman–Crippen MR) is 69.3 cm³/mol. The molecule has 0 aliphatic heterocycles. The quantitative estimate of drug-likeness (QED) is 0.716. The molecule has 2 aliphatic carbocycles. The van der Waals surface area contributed by atoms with Crippen LogP contribution in [-0.4, -0.2) is 34.4 Å². The van der Waals surface area contributed by atoms with E-state index < -0.39 is 11.6 Å². The highest BCUT2D eigenvalue weighted by Gasteiger charge is 2.36. The van der Waals surface area contributed by atoms with Gasteiger partial charge in [0.2, 0.25) is 0 Å². The fourth-order valence-electron chi connectivity index (χ4n) is 3.31. The van der Waals surface area contributed by atoms with Crippen molar-refractivity contribution in [2.45, 2.75) is 63.5 Å². The van der Waals surface area contributed by atoms with E-state index >= 15 is 0 Å². The first-order chi connectivity index (χ1) is 8.48. The molecular formula is C14H25NO3. The van der Waals surface area contributed by atoms with Gasteiger partial charge in [-0.15, -0.1) is 0 Å². The molecule has 0 radical (unpaired) electrons. The minimum atomic E-state index is -0.713. The number of aliphatic hydroxyl groups is 1. The topological polar surface area (TPSA) is 69.6 Å². The van der Waals surface area contributed by atoms with Gasteiger partial charge in [0, 0.05) is 12.6 Å². The minimum Gasteiger partial charge on any atom is -0.481 e. The van der Waals surface area contributed by atoms with Gasteiger partial charge < -0.3 is 15.5 Å². The molecule has 2 aliphatic rings. The average molecular weight is 255 g/mol. The highest BCUT2D eigenvalue weighted by Crippen LogP contribution is 2.32. The summed E-state index contributed by atoms with van der Waals surface area (Å²) in [5.74, 6) is -0.175. The monoisotopic (exact) mass is 255 g/mol. The maximum Gasteiger partial charge on any atom is 0.306 e. The molecule has 0 aromatic rings. The second-order valence-corrected chi connectivity index (χ2v) is 6.33. The molecule has 0 bridgehead atoms. The summed E-state index contributed by atoms with van der Waals surface area (Å²) in [7, 11) is 0. The van der Waals surface area contributed by atoms with Crippen molar-refractivity contribution >= 4 is 5.97 Å². The van der Waals surface area contributed by atoms with Crippen LogP contribution in [0.5, 0.6) is 0 Å². The second kappa shape index (κ2) is 5.57. The molecule has 4 nitrogen and oxygen atoms in total. The van der Waals surface area contributed by atoms with E-state index in [4.69, 9.17) is 5.11 Å². The Hall–Kier alpha value is -0.610. The van der Waals surface area contributed by atoms with E-state index in [-0.39, 0.29) is 5.92 Å². The molecule has 0 amide bonds.